The van der Waals surface area contributed by atoms with Gasteiger partial charge in [-0.15, -0.1) is 0 Å². The van der Waals surface area contributed by atoms with Gasteiger partial charge in [0, 0.05) is 13.7 Å². The first-order chi connectivity index (χ1) is 9.93. The molecule has 0 amide bonds. The molecular weight excluding hydrogens is 262 g/mol. The van der Waals surface area contributed by atoms with Gasteiger partial charge in [0.25, 0.3) is 0 Å². The van der Waals surface area contributed by atoms with Gasteiger partial charge in [0.05, 0.1) is 6.61 Å². The molecule has 0 aliphatic carbocycles. The second-order valence-corrected chi connectivity index (χ2v) is 6.43. The number of nitrogens with one attached hydrogen (secondary N) is 1. The quantitative estimate of drug-likeness (QED) is 0.752. The van der Waals surface area contributed by atoms with Crippen molar-refractivity contribution in [2.75, 3.05) is 26.8 Å². The minimum atomic E-state index is 0.0369. The molecule has 21 heavy (non-hydrogen) atoms. The van der Waals surface area contributed by atoms with E-state index in [1.165, 1.54) is 11.1 Å². The van der Waals surface area contributed by atoms with E-state index in [1.807, 2.05) is 0 Å². The molecule has 1 unspecified atom stereocenters. The third-order valence-electron chi connectivity index (χ3n) is 3.45. The largest absolute Gasteiger partial charge is 0.486 e. The van der Waals surface area contributed by atoms with Crippen LogP contribution in [0.25, 0.3) is 0 Å². The molecule has 0 heterocycles. The molecular formula is C18H31NO2. The van der Waals surface area contributed by atoms with Crippen LogP contribution in [0.2, 0.25) is 0 Å². The lowest BCUT2D eigenvalue weighted by molar-refractivity contribution is 0.0797. The zero-order chi connectivity index (χ0) is 15.8. The van der Waals surface area contributed by atoms with Crippen molar-refractivity contribution in [3.05, 3.63) is 29.3 Å². The number of hydrogen-bond donors (Lipinski definition) is 1. The highest BCUT2D eigenvalue weighted by atomic mass is 16.5. The van der Waals surface area contributed by atoms with Crippen LogP contribution in [-0.4, -0.2) is 32.9 Å². The van der Waals surface area contributed by atoms with Gasteiger partial charge in [-0.05, 0) is 42.5 Å². The summed E-state index contributed by atoms with van der Waals surface area (Å²) in [5, 5.41) is 3.44. The number of aryl methyl sites for hydroxylation is 1. The van der Waals surface area contributed by atoms with Gasteiger partial charge in [-0.3, -0.25) is 0 Å². The van der Waals surface area contributed by atoms with E-state index in [4.69, 9.17) is 9.47 Å². The maximum atomic E-state index is 6.17. The number of rotatable bonds is 9. The van der Waals surface area contributed by atoms with E-state index in [0.29, 0.717) is 18.4 Å². The molecule has 1 aromatic carbocycles. The molecule has 0 aromatic heterocycles. The van der Waals surface area contributed by atoms with Crippen molar-refractivity contribution in [2.24, 2.45) is 5.92 Å². The van der Waals surface area contributed by atoms with Crippen LogP contribution >= 0.6 is 0 Å². The smallest absolute Gasteiger partial charge is 0.134 e. The Morgan fingerprint density at radius 2 is 1.81 bits per heavy atom. The Morgan fingerprint density at radius 1 is 1.10 bits per heavy atom. The summed E-state index contributed by atoms with van der Waals surface area (Å²) in [7, 11) is 1.72. The summed E-state index contributed by atoms with van der Waals surface area (Å²) in [6, 6.07) is 6.47. The molecule has 0 aliphatic rings. The molecule has 0 aliphatic heterocycles. The predicted molar refractivity (Wildman–Crippen MR) is 89.3 cm³/mol. The highest BCUT2D eigenvalue weighted by Crippen LogP contribution is 2.25. The highest BCUT2D eigenvalue weighted by molar-refractivity contribution is 5.38. The van der Waals surface area contributed by atoms with Crippen LogP contribution in [0.1, 0.15) is 44.7 Å². The molecule has 120 valence electrons. The molecule has 0 radical (unpaired) electrons. The van der Waals surface area contributed by atoms with Crippen LogP contribution in [0.3, 0.4) is 0 Å². The Kier molecular flexibility index (Phi) is 7.76. The molecule has 3 heteroatoms. The maximum absolute atomic E-state index is 6.17. The summed E-state index contributed by atoms with van der Waals surface area (Å²) in [4.78, 5) is 0. The number of methoxy groups -OCH3 is 1. The Balaban J connectivity index is 2.71. The van der Waals surface area contributed by atoms with Crippen molar-refractivity contribution in [3.63, 3.8) is 0 Å². The van der Waals surface area contributed by atoms with E-state index in [0.717, 1.165) is 18.8 Å². The summed E-state index contributed by atoms with van der Waals surface area (Å²) in [6.07, 6.45) is 0.0369. The summed E-state index contributed by atoms with van der Waals surface area (Å²) in [6.45, 7) is 13.3. The zero-order valence-electron chi connectivity index (χ0n) is 14.4. The standard InChI is InChI=1S/C18H31NO2/c1-13(2)10-19-11-17(12-20-6)21-18-9-16(14(3)4)8-7-15(18)5/h7-9,13-14,17,19H,10-12H2,1-6H3. The lowest BCUT2D eigenvalue weighted by Crippen LogP contribution is -2.36. The fraction of sp³-hybridized carbons (Fsp3) is 0.667. The van der Waals surface area contributed by atoms with Gasteiger partial charge in [0.1, 0.15) is 11.9 Å². The molecule has 1 atom stereocenters. The van der Waals surface area contributed by atoms with Gasteiger partial charge in [0.15, 0.2) is 0 Å². The SMILES string of the molecule is COCC(CNCC(C)C)Oc1cc(C(C)C)ccc1C. The van der Waals surface area contributed by atoms with Crippen molar-refractivity contribution >= 4 is 0 Å². The van der Waals surface area contributed by atoms with Gasteiger partial charge in [0.2, 0.25) is 0 Å². The molecule has 1 aromatic rings. The Hall–Kier alpha value is -1.06. The minimum Gasteiger partial charge on any atom is -0.486 e. The van der Waals surface area contributed by atoms with E-state index >= 15 is 0 Å². The fourth-order valence-electron chi connectivity index (χ4n) is 2.14. The summed E-state index contributed by atoms with van der Waals surface area (Å²) in [5.74, 6) is 2.11. The fourth-order valence-corrected chi connectivity index (χ4v) is 2.14. The van der Waals surface area contributed by atoms with Crippen molar-refractivity contribution in [1.29, 1.82) is 0 Å². The topological polar surface area (TPSA) is 30.5 Å². The zero-order valence-corrected chi connectivity index (χ0v) is 14.4. The predicted octanol–water partition coefficient (Wildman–Crippen LogP) is 3.76. The van der Waals surface area contributed by atoms with Crippen LogP contribution < -0.4 is 10.1 Å². The van der Waals surface area contributed by atoms with Crippen LogP contribution in [0, 0.1) is 12.8 Å². The normalized spacial score (nSPS) is 13.0. The van der Waals surface area contributed by atoms with Crippen molar-refractivity contribution in [1.82, 2.24) is 5.32 Å². The first-order valence-corrected chi connectivity index (χ1v) is 7.90. The van der Waals surface area contributed by atoms with Crippen molar-refractivity contribution in [2.45, 2.75) is 46.6 Å². The molecule has 0 bridgehead atoms. The van der Waals surface area contributed by atoms with Gasteiger partial charge in [-0.25, -0.2) is 0 Å². The molecule has 1 N–H and O–H groups in total. The molecule has 0 fully saturated rings. The molecule has 1 rings (SSSR count). The Labute approximate surface area is 130 Å². The average molecular weight is 293 g/mol. The highest BCUT2D eigenvalue weighted by Gasteiger charge is 2.13. The third-order valence-corrected chi connectivity index (χ3v) is 3.45. The second-order valence-electron chi connectivity index (χ2n) is 6.43. The first-order valence-electron chi connectivity index (χ1n) is 7.90. The molecule has 3 nitrogen and oxygen atoms in total. The van der Waals surface area contributed by atoms with E-state index in [9.17, 15) is 0 Å². The lowest BCUT2D eigenvalue weighted by atomic mass is 10.0. The molecule has 0 saturated heterocycles. The summed E-state index contributed by atoms with van der Waals surface area (Å²) < 4.78 is 11.5. The summed E-state index contributed by atoms with van der Waals surface area (Å²) >= 11 is 0. The number of benzene rings is 1. The average Bonchev–Trinajstić information content (AvgIpc) is 2.40. The van der Waals surface area contributed by atoms with Crippen LogP contribution in [0.5, 0.6) is 5.75 Å². The van der Waals surface area contributed by atoms with Gasteiger partial charge in [-0.1, -0.05) is 39.8 Å². The van der Waals surface area contributed by atoms with Crippen LogP contribution in [-0.2, 0) is 4.74 Å². The summed E-state index contributed by atoms with van der Waals surface area (Å²) in [5.41, 5.74) is 2.48. The Morgan fingerprint density at radius 3 is 2.38 bits per heavy atom. The van der Waals surface area contributed by atoms with E-state index < -0.39 is 0 Å². The Bertz CT molecular complexity index is 416. The van der Waals surface area contributed by atoms with Crippen LogP contribution in [0.4, 0.5) is 0 Å². The van der Waals surface area contributed by atoms with E-state index in [2.05, 4.69) is 58.1 Å². The second kappa shape index (κ2) is 9.06. The lowest BCUT2D eigenvalue weighted by Gasteiger charge is -2.21. The van der Waals surface area contributed by atoms with Gasteiger partial charge < -0.3 is 14.8 Å². The number of hydrogen-bond acceptors (Lipinski definition) is 3. The molecule has 0 spiro atoms. The maximum Gasteiger partial charge on any atom is 0.134 e. The first kappa shape index (κ1) is 18.0. The minimum absolute atomic E-state index is 0.0369. The van der Waals surface area contributed by atoms with Gasteiger partial charge >= 0.3 is 0 Å². The third kappa shape index (κ3) is 6.49. The monoisotopic (exact) mass is 293 g/mol. The van der Waals surface area contributed by atoms with E-state index in [-0.39, 0.29) is 6.10 Å². The van der Waals surface area contributed by atoms with Crippen molar-refractivity contribution < 1.29 is 9.47 Å². The number of ether oxygens (including phenoxy) is 2. The van der Waals surface area contributed by atoms with E-state index in [1.54, 1.807) is 7.11 Å². The van der Waals surface area contributed by atoms with Crippen molar-refractivity contribution in [3.8, 4) is 5.75 Å². The van der Waals surface area contributed by atoms with Crippen LogP contribution in [0.15, 0.2) is 18.2 Å². The molecule has 0 saturated carbocycles. The van der Waals surface area contributed by atoms with Gasteiger partial charge in [-0.2, -0.15) is 0 Å².